The summed E-state index contributed by atoms with van der Waals surface area (Å²) >= 11 is 0. The lowest BCUT2D eigenvalue weighted by atomic mass is 9.57. The lowest BCUT2D eigenvalue weighted by Crippen LogP contribution is -2.48. The second-order valence-electron chi connectivity index (χ2n) is 6.13. The van der Waals surface area contributed by atoms with Crippen molar-refractivity contribution in [1.82, 2.24) is 0 Å². The van der Waals surface area contributed by atoms with Crippen LogP contribution < -0.4 is 0 Å². The molecule has 0 unspecified atom stereocenters. The third-order valence-electron chi connectivity index (χ3n) is 5.18. The van der Waals surface area contributed by atoms with E-state index in [1.807, 2.05) is 0 Å². The quantitative estimate of drug-likeness (QED) is 0.722. The zero-order valence-corrected chi connectivity index (χ0v) is 10.9. The van der Waals surface area contributed by atoms with Gasteiger partial charge in [-0.3, -0.25) is 14.4 Å². The van der Waals surface area contributed by atoms with Crippen LogP contribution in [0.15, 0.2) is 0 Å². The van der Waals surface area contributed by atoms with Crippen LogP contribution in [-0.4, -0.2) is 28.9 Å². The van der Waals surface area contributed by atoms with E-state index >= 15 is 0 Å². The predicted molar refractivity (Wildman–Crippen MR) is 64.1 cm³/mol. The van der Waals surface area contributed by atoms with Gasteiger partial charge in [-0.1, -0.05) is 0 Å². The minimum absolute atomic E-state index is 0.0217. The maximum atomic E-state index is 11.8. The molecule has 0 bridgehead atoms. The number of carboxylic acid groups (broad SMARTS) is 1. The van der Waals surface area contributed by atoms with Crippen molar-refractivity contribution in [2.24, 2.45) is 29.6 Å². The van der Waals surface area contributed by atoms with Gasteiger partial charge in [0.1, 0.15) is 11.9 Å². The molecule has 0 aromatic rings. The number of esters is 1. The van der Waals surface area contributed by atoms with Gasteiger partial charge in [0.05, 0.1) is 11.8 Å². The number of hydrogen-bond acceptors (Lipinski definition) is 4. The number of hydrogen-bond donors (Lipinski definition) is 1. The molecule has 6 atom stereocenters. The summed E-state index contributed by atoms with van der Waals surface area (Å²) in [5.74, 6) is -1.96. The molecule has 0 aromatic carbocycles. The number of carbonyl (C=O) groups excluding carboxylic acids is 2. The molecule has 3 fully saturated rings. The molecule has 1 heterocycles. The number of ether oxygens (including phenoxy) is 1. The van der Waals surface area contributed by atoms with E-state index in [2.05, 4.69) is 0 Å². The molecular formula is C14H18O5. The van der Waals surface area contributed by atoms with Crippen molar-refractivity contribution in [2.75, 3.05) is 0 Å². The molecular weight excluding hydrogens is 248 g/mol. The van der Waals surface area contributed by atoms with Gasteiger partial charge in [-0.05, 0) is 31.6 Å². The molecule has 19 heavy (non-hydrogen) atoms. The molecule has 104 valence electrons. The highest BCUT2D eigenvalue weighted by Crippen LogP contribution is 2.52. The van der Waals surface area contributed by atoms with Gasteiger partial charge in [0.25, 0.3) is 0 Å². The van der Waals surface area contributed by atoms with Gasteiger partial charge in [0, 0.05) is 18.8 Å². The van der Waals surface area contributed by atoms with Crippen molar-refractivity contribution < 1.29 is 24.2 Å². The molecule has 0 radical (unpaired) electrons. The van der Waals surface area contributed by atoms with Crippen LogP contribution in [0.3, 0.4) is 0 Å². The smallest absolute Gasteiger partial charge is 0.309 e. The Balaban J connectivity index is 1.95. The maximum Gasteiger partial charge on any atom is 0.309 e. The average molecular weight is 266 g/mol. The van der Waals surface area contributed by atoms with Crippen LogP contribution in [0.25, 0.3) is 0 Å². The molecule has 1 saturated heterocycles. The Morgan fingerprint density at radius 1 is 1.37 bits per heavy atom. The Morgan fingerprint density at radius 3 is 2.79 bits per heavy atom. The average Bonchev–Trinajstić information content (AvgIpc) is 2.61. The van der Waals surface area contributed by atoms with Crippen molar-refractivity contribution in [1.29, 1.82) is 0 Å². The Morgan fingerprint density at radius 2 is 2.11 bits per heavy atom. The number of Topliss-reactive ketones (excluding diaryl/α,β-unsaturated/α-hetero) is 1. The first kappa shape index (κ1) is 12.6. The Bertz CT molecular complexity index is 443. The minimum Gasteiger partial charge on any atom is -0.481 e. The minimum atomic E-state index is -0.843. The van der Waals surface area contributed by atoms with E-state index in [1.54, 1.807) is 6.92 Å². The van der Waals surface area contributed by atoms with Crippen molar-refractivity contribution >= 4 is 17.7 Å². The van der Waals surface area contributed by atoms with Crippen LogP contribution in [0.4, 0.5) is 0 Å². The number of cyclic esters (lactones) is 1. The van der Waals surface area contributed by atoms with E-state index in [-0.39, 0.29) is 41.5 Å². The summed E-state index contributed by atoms with van der Waals surface area (Å²) in [6.07, 6.45) is 1.85. The highest BCUT2D eigenvalue weighted by atomic mass is 16.6. The largest absolute Gasteiger partial charge is 0.481 e. The van der Waals surface area contributed by atoms with E-state index in [4.69, 9.17) is 4.74 Å². The van der Waals surface area contributed by atoms with Gasteiger partial charge < -0.3 is 9.84 Å². The van der Waals surface area contributed by atoms with Gasteiger partial charge in [-0.15, -0.1) is 0 Å². The van der Waals surface area contributed by atoms with Crippen LogP contribution in [0.5, 0.6) is 0 Å². The van der Waals surface area contributed by atoms with Crippen molar-refractivity contribution in [3.8, 4) is 0 Å². The molecule has 5 nitrogen and oxygen atoms in total. The van der Waals surface area contributed by atoms with E-state index in [9.17, 15) is 19.5 Å². The summed E-state index contributed by atoms with van der Waals surface area (Å²) in [4.78, 5) is 35.0. The van der Waals surface area contributed by atoms with Crippen LogP contribution in [0.2, 0.25) is 0 Å². The lowest BCUT2D eigenvalue weighted by molar-refractivity contribution is -0.154. The first-order valence-corrected chi connectivity index (χ1v) is 6.94. The maximum absolute atomic E-state index is 11.8. The summed E-state index contributed by atoms with van der Waals surface area (Å²) in [6.45, 7) is 1.78. The van der Waals surface area contributed by atoms with Crippen molar-refractivity contribution in [2.45, 2.75) is 38.7 Å². The topological polar surface area (TPSA) is 80.7 Å². The number of carbonyl (C=O) groups is 3. The summed E-state index contributed by atoms with van der Waals surface area (Å²) in [7, 11) is 0. The molecule has 5 heteroatoms. The molecule has 0 aromatic heterocycles. The van der Waals surface area contributed by atoms with Gasteiger partial charge in [-0.2, -0.15) is 0 Å². The second-order valence-corrected chi connectivity index (χ2v) is 6.13. The fourth-order valence-electron chi connectivity index (χ4n) is 4.43. The second kappa shape index (κ2) is 4.32. The Hall–Kier alpha value is -1.39. The van der Waals surface area contributed by atoms with Crippen LogP contribution in [-0.2, 0) is 19.1 Å². The Labute approximate surface area is 111 Å². The van der Waals surface area contributed by atoms with E-state index in [1.165, 1.54) is 0 Å². The first-order chi connectivity index (χ1) is 8.99. The van der Waals surface area contributed by atoms with Gasteiger partial charge in [0.2, 0.25) is 0 Å². The number of ketones is 1. The van der Waals surface area contributed by atoms with Crippen molar-refractivity contribution in [3.63, 3.8) is 0 Å². The number of fused-ring (bicyclic) bond motifs is 2. The molecule has 3 rings (SSSR count). The van der Waals surface area contributed by atoms with E-state index in [0.29, 0.717) is 25.7 Å². The number of carboxylic acids is 1. The third-order valence-corrected chi connectivity index (χ3v) is 5.18. The fourth-order valence-corrected chi connectivity index (χ4v) is 4.43. The number of aliphatic carboxylic acids is 1. The zero-order valence-electron chi connectivity index (χ0n) is 10.9. The fraction of sp³-hybridized carbons (Fsp3) is 0.786. The van der Waals surface area contributed by atoms with Crippen LogP contribution in [0, 0.1) is 29.6 Å². The molecule has 1 N–H and O–H groups in total. The normalized spacial score (nSPS) is 45.3. The van der Waals surface area contributed by atoms with Crippen LogP contribution >= 0.6 is 0 Å². The highest BCUT2D eigenvalue weighted by Gasteiger charge is 2.57. The Kier molecular flexibility index (Phi) is 2.87. The molecule has 3 aliphatic rings. The third kappa shape index (κ3) is 1.86. The SMILES string of the molecule is C[C@H]1OC(=O)[C@@H]2C[C@@H]3CC(=O)CC[C@H]3[C@H](C(=O)O)[C@H]12. The van der Waals surface area contributed by atoms with Gasteiger partial charge in [0.15, 0.2) is 0 Å². The van der Waals surface area contributed by atoms with Crippen LogP contribution in [0.1, 0.15) is 32.6 Å². The summed E-state index contributed by atoms with van der Waals surface area (Å²) in [6, 6.07) is 0. The van der Waals surface area contributed by atoms with Crippen molar-refractivity contribution in [3.05, 3.63) is 0 Å². The summed E-state index contributed by atoms with van der Waals surface area (Å²) < 4.78 is 5.23. The van der Waals surface area contributed by atoms with Gasteiger partial charge >= 0.3 is 11.9 Å². The highest BCUT2D eigenvalue weighted by molar-refractivity contribution is 5.82. The first-order valence-electron chi connectivity index (χ1n) is 6.94. The summed E-state index contributed by atoms with van der Waals surface area (Å²) in [5, 5.41) is 9.54. The van der Waals surface area contributed by atoms with E-state index < -0.39 is 11.9 Å². The molecule has 2 saturated carbocycles. The lowest BCUT2D eigenvalue weighted by Gasteiger charge is -2.44. The monoisotopic (exact) mass is 266 g/mol. The van der Waals surface area contributed by atoms with Gasteiger partial charge in [-0.25, -0.2) is 0 Å². The predicted octanol–water partition coefficient (Wildman–Crippen LogP) is 1.25. The molecule has 1 aliphatic heterocycles. The zero-order chi connectivity index (χ0) is 13.7. The molecule has 0 amide bonds. The molecule has 2 aliphatic carbocycles. The standard InChI is InChI=1S/C14H18O5/c1-6-11-10(14(18)19-6)5-7-4-8(15)2-3-9(7)12(11)13(16)17/h6-7,9-12H,2-5H2,1H3,(H,16,17)/t6-,7+,9-,10-,11-,12+/m1/s1. The number of rotatable bonds is 1. The summed E-state index contributed by atoms with van der Waals surface area (Å²) in [5.41, 5.74) is 0. The van der Waals surface area contributed by atoms with E-state index in [0.717, 1.165) is 0 Å². The molecule has 0 spiro atoms.